The minimum Gasteiger partial charge on any atom is -0.467 e. The van der Waals surface area contributed by atoms with Crippen LogP contribution in [0.15, 0.2) is 47.1 Å². The van der Waals surface area contributed by atoms with Gasteiger partial charge < -0.3 is 20.0 Å². The SMILES string of the molecule is Cc1cccc(NC(=O)N2CCCC2C(=O)NCc2ccco2)c1. The van der Waals surface area contributed by atoms with Gasteiger partial charge in [-0.05, 0) is 49.6 Å². The molecule has 1 fully saturated rings. The van der Waals surface area contributed by atoms with Gasteiger partial charge in [0.05, 0.1) is 12.8 Å². The molecule has 1 aliphatic heterocycles. The first-order valence-electron chi connectivity index (χ1n) is 8.08. The molecule has 2 aromatic rings. The first kappa shape index (κ1) is 16.1. The summed E-state index contributed by atoms with van der Waals surface area (Å²) in [6.07, 6.45) is 3.06. The van der Waals surface area contributed by atoms with E-state index in [1.165, 1.54) is 0 Å². The van der Waals surface area contributed by atoms with Crippen LogP contribution in [0.2, 0.25) is 0 Å². The van der Waals surface area contributed by atoms with Crippen LogP contribution >= 0.6 is 0 Å². The Kier molecular flexibility index (Phi) is 4.84. The predicted molar refractivity (Wildman–Crippen MR) is 90.5 cm³/mol. The van der Waals surface area contributed by atoms with Gasteiger partial charge in [0.15, 0.2) is 0 Å². The quantitative estimate of drug-likeness (QED) is 0.907. The summed E-state index contributed by atoms with van der Waals surface area (Å²) in [6, 6.07) is 10.5. The van der Waals surface area contributed by atoms with Gasteiger partial charge in [-0.2, -0.15) is 0 Å². The van der Waals surface area contributed by atoms with E-state index >= 15 is 0 Å². The molecule has 6 nitrogen and oxygen atoms in total. The summed E-state index contributed by atoms with van der Waals surface area (Å²) in [4.78, 5) is 26.5. The molecule has 2 heterocycles. The van der Waals surface area contributed by atoms with Crippen LogP contribution in [-0.4, -0.2) is 29.4 Å². The van der Waals surface area contributed by atoms with E-state index in [-0.39, 0.29) is 11.9 Å². The smallest absolute Gasteiger partial charge is 0.322 e. The number of carbonyl (C=O) groups excluding carboxylic acids is 2. The number of urea groups is 1. The maximum Gasteiger partial charge on any atom is 0.322 e. The Labute approximate surface area is 140 Å². The van der Waals surface area contributed by atoms with Gasteiger partial charge in [0.2, 0.25) is 5.91 Å². The van der Waals surface area contributed by atoms with Crippen molar-refractivity contribution in [2.24, 2.45) is 0 Å². The maximum absolute atomic E-state index is 12.5. The van der Waals surface area contributed by atoms with E-state index in [1.807, 2.05) is 31.2 Å². The normalized spacial score (nSPS) is 16.9. The molecule has 1 aromatic carbocycles. The largest absolute Gasteiger partial charge is 0.467 e. The number of furan rings is 1. The Bertz CT molecular complexity index is 712. The molecular formula is C18H21N3O3. The summed E-state index contributed by atoms with van der Waals surface area (Å²) in [5.41, 5.74) is 1.81. The summed E-state index contributed by atoms with van der Waals surface area (Å²) in [7, 11) is 0. The highest BCUT2D eigenvalue weighted by molar-refractivity contribution is 5.94. The number of nitrogens with zero attached hydrogens (tertiary/aromatic N) is 1. The van der Waals surface area contributed by atoms with Crippen LogP contribution in [0.4, 0.5) is 10.5 Å². The first-order valence-corrected chi connectivity index (χ1v) is 8.08. The minimum atomic E-state index is -0.440. The monoisotopic (exact) mass is 327 g/mol. The predicted octanol–water partition coefficient (Wildman–Crippen LogP) is 2.90. The Morgan fingerprint density at radius 1 is 1.29 bits per heavy atom. The molecule has 0 spiro atoms. The number of anilines is 1. The maximum atomic E-state index is 12.5. The molecule has 0 radical (unpaired) electrons. The molecule has 24 heavy (non-hydrogen) atoms. The van der Waals surface area contributed by atoms with Gasteiger partial charge in [-0.3, -0.25) is 4.79 Å². The molecule has 3 amide bonds. The Morgan fingerprint density at radius 2 is 2.17 bits per heavy atom. The second-order valence-corrected chi connectivity index (χ2v) is 5.95. The fourth-order valence-electron chi connectivity index (χ4n) is 2.91. The average Bonchev–Trinajstić information content (AvgIpc) is 3.24. The molecule has 0 aliphatic carbocycles. The third-order valence-corrected chi connectivity index (χ3v) is 4.10. The van der Waals surface area contributed by atoms with E-state index in [1.54, 1.807) is 23.3 Å². The van der Waals surface area contributed by atoms with Crippen molar-refractivity contribution < 1.29 is 14.0 Å². The number of hydrogen-bond donors (Lipinski definition) is 2. The van der Waals surface area contributed by atoms with E-state index in [9.17, 15) is 9.59 Å². The second kappa shape index (κ2) is 7.21. The molecule has 1 unspecified atom stereocenters. The number of hydrogen-bond acceptors (Lipinski definition) is 3. The van der Waals surface area contributed by atoms with Crippen LogP contribution in [0.3, 0.4) is 0 Å². The van der Waals surface area contributed by atoms with E-state index in [0.29, 0.717) is 25.3 Å². The molecule has 2 N–H and O–H groups in total. The Morgan fingerprint density at radius 3 is 2.92 bits per heavy atom. The number of carbonyl (C=O) groups is 2. The molecule has 1 aromatic heterocycles. The summed E-state index contributed by atoms with van der Waals surface area (Å²) >= 11 is 0. The Hall–Kier alpha value is -2.76. The number of likely N-dealkylation sites (tertiary alicyclic amines) is 1. The van der Waals surface area contributed by atoms with Gasteiger partial charge in [-0.1, -0.05) is 12.1 Å². The number of rotatable bonds is 4. The molecule has 126 valence electrons. The van der Waals surface area contributed by atoms with Crippen molar-refractivity contribution in [3.05, 3.63) is 54.0 Å². The summed E-state index contributed by atoms with van der Waals surface area (Å²) in [5, 5.41) is 5.70. The fraction of sp³-hybridized carbons (Fsp3) is 0.333. The van der Waals surface area contributed by atoms with Crippen molar-refractivity contribution in [2.45, 2.75) is 32.4 Å². The highest BCUT2D eigenvalue weighted by Gasteiger charge is 2.34. The van der Waals surface area contributed by atoms with E-state index in [2.05, 4.69) is 10.6 Å². The zero-order valence-corrected chi connectivity index (χ0v) is 13.6. The van der Waals surface area contributed by atoms with Crippen LogP contribution in [0.5, 0.6) is 0 Å². The standard InChI is InChI=1S/C18H21N3O3/c1-13-5-2-6-14(11-13)20-18(23)21-9-3-8-16(21)17(22)19-12-15-7-4-10-24-15/h2,4-7,10-11,16H,3,8-9,12H2,1H3,(H,19,22)(H,20,23). The average molecular weight is 327 g/mol. The molecule has 1 atom stereocenters. The molecule has 3 rings (SSSR count). The Balaban J connectivity index is 1.59. The zero-order valence-electron chi connectivity index (χ0n) is 13.6. The minimum absolute atomic E-state index is 0.150. The third kappa shape index (κ3) is 3.76. The molecule has 1 aliphatic rings. The summed E-state index contributed by atoms with van der Waals surface area (Å²) in [6.45, 7) is 2.88. The van der Waals surface area contributed by atoms with E-state index in [4.69, 9.17) is 4.42 Å². The van der Waals surface area contributed by atoms with Crippen molar-refractivity contribution in [3.63, 3.8) is 0 Å². The lowest BCUT2D eigenvalue weighted by atomic mass is 10.2. The van der Waals surface area contributed by atoms with E-state index in [0.717, 1.165) is 17.7 Å². The highest BCUT2D eigenvalue weighted by Crippen LogP contribution is 2.20. The topological polar surface area (TPSA) is 74.6 Å². The lowest BCUT2D eigenvalue weighted by molar-refractivity contribution is -0.124. The van der Waals surface area contributed by atoms with Crippen LogP contribution in [0.25, 0.3) is 0 Å². The number of nitrogens with one attached hydrogen (secondary N) is 2. The zero-order chi connectivity index (χ0) is 16.9. The van der Waals surface area contributed by atoms with Crippen LogP contribution in [0.1, 0.15) is 24.2 Å². The molecular weight excluding hydrogens is 306 g/mol. The molecule has 6 heteroatoms. The third-order valence-electron chi connectivity index (χ3n) is 4.10. The van der Waals surface area contributed by atoms with Crippen molar-refractivity contribution >= 4 is 17.6 Å². The van der Waals surface area contributed by atoms with Gasteiger partial charge >= 0.3 is 6.03 Å². The summed E-state index contributed by atoms with van der Waals surface area (Å²) in [5.74, 6) is 0.542. The second-order valence-electron chi connectivity index (χ2n) is 5.95. The molecule has 1 saturated heterocycles. The highest BCUT2D eigenvalue weighted by atomic mass is 16.3. The molecule has 0 saturated carbocycles. The van der Waals surface area contributed by atoms with Crippen LogP contribution < -0.4 is 10.6 Å². The van der Waals surface area contributed by atoms with Crippen LogP contribution in [-0.2, 0) is 11.3 Å². The lowest BCUT2D eigenvalue weighted by Crippen LogP contribution is -2.47. The molecule has 0 bridgehead atoms. The number of amides is 3. The van der Waals surface area contributed by atoms with Crippen molar-refractivity contribution in [1.82, 2.24) is 10.2 Å². The van der Waals surface area contributed by atoms with Crippen molar-refractivity contribution in [1.29, 1.82) is 0 Å². The van der Waals surface area contributed by atoms with Gasteiger partial charge in [-0.25, -0.2) is 4.79 Å². The van der Waals surface area contributed by atoms with Crippen LogP contribution in [0, 0.1) is 6.92 Å². The summed E-state index contributed by atoms with van der Waals surface area (Å²) < 4.78 is 5.20. The number of aryl methyl sites for hydroxylation is 1. The van der Waals surface area contributed by atoms with E-state index < -0.39 is 6.04 Å². The van der Waals surface area contributed by atoms with Gasteiger partial charge in [-0.15, -0.1) is 0 Å². The first-order chi connectivity index (χ1) is 11.6. The van der Waals surface area contributed by atoms with Gasteiger partial charge in [0, 0.05) is 12.2 Å². The van der Waals surface area contributed by atoms with Gasteiger partial charge in [0.25, 0.3) is 0 Å². The lowest BCUT2D eigenvalue weighted by Gasteiger charge is -2.24. The van der Waals surface area contributed by atoms with Crippen molar-refractivity contribution in [2.75, 3.05) is 11.9 Å². The fourth-order valence-corrected chi connectivity index (χ4v) is 2.91. The number of benzene rings is 1. The van der Waals surface area contributed by atoms with Gasteiger partial charge in [0.1, 0.15) is 11.8 Å². The van der Waals surface area contributed by atoms with Crippen molar-refractivity contribution in [3.8, 4) is 0 Å².